The Labute approximate surface area is 214 Å². The lowest BCUT2D eigenvalue weighted by Crippen LogP contribution is -2.28. The van der Waals surface area contributed by atoms with Crippen LogP contribution in [0.25, 0.3) is 0 Å². The Morgan fingerprint density at radius 1 is 1.12 bits per heavy atom. The molecule has 0 bridgehead atoms. The monoisotopic (exact) mass is 569 g/mol. The fraction of sp³-hybridized carbons (Fsp3) is 0.273. The van der Waals surface area contributed by atoms with Crippen molar-refractivity contribution in [2.45, 2.75) is 32.0 Å². The van der Waals surface area contributed by atoms with Crippen molar-refractivity contribution in [1.29, 1.82) is 0 Å². The van der Waals surface area contributed by atoms with Crippen molar-refractivity contribution in [3.05, 3.63) is 67.4 Å². The molecule has 2 aromatic carbocycles. The number of nitrogens with zero attached hydrogens (tertiary/aromatic N) is 3. The van der Waals surface area contributed by atoms with Crippen LogP contribution in [0, 0.1) is 13.8 Å². The van der Waals surface area contributed by atoms with Gasteiger partial charge in [-0.25, -0.2) is 0 Å². The fourth-order valence-corrected chi connectivity index (χ4v) is 4.50. The Hall–Kier alpha value is -2.07. The predicted molar refractivity (Wildman–Crippen MR) is 136 cm³/mol. The zero-order valence-corrected chi connectivity index (χ0v) is 22.3. The van der Waals surface area contributed by atoms with E-state index in [1.54, 1.807) is 30.7 Å². The summed E-state index contributed by atoms with van der Waals surface area (Å²) in [6, 6.07) is 8.05. The second kappa shape index (κ2) is 10.9. The summed E-state index contributed by atoms with van der Waals surface area (Å²) in [5.41, 5.74) is 3.26. The molecule has 0 radical (unpaired) electrons. The van der Waals surface area contributed by atoms with Crippen LogP contribution in [0.5, 0.6) is 0 Å². The molecule has 11 heteroatoms. The van der Waals surface area contributed by atoms with Gasteiger partial charge < -0.3 is 15.2 Å². The van der Waals surface area contributed by atoms with Crippen LogP contribution in [0.15, 0.2) is 40.0 Å². The van der Waals surface area contributed by atoms with Crippen LogP contribution < -0.4 is 10.6 Å². The highest BCUT2D eigenvalue weighted by molar-refractivity contribution is 9.10. The summed E-state index contributed by atoms with van der Waals surface area (Å²) >= 11 is 16.7. The number of carbonyl (C=O) groups is 2. The van der Waals surface area contributed by atoms with Gasteiger partial charge in [0.1, 0.15) is 0 Å². The van der Waals surface area contributed by atoms with Gasteiger partial charge in [0.15, 0.2) is 11.0 Å². The first-order valence-electron chi connectivity index (χ1n) is 9.92. The van der Waals surface area contributed by atoms with E-state index in [9.17, 15) is 9.59 Å². The summed E-state index contributed by atoms with van der Waals surface area (Å²) < 4.78 is 2.76. The maximum absolute atomic E-state index is 12.5. The first-order valence-corrected chi connectivity index (χ1v) is 12.5. The molecule has 0 aliphatic rings. The van der Waals surface area contributed by atoms with Crippen LogP contribution in [0.4, 0.5) is 5.69 Å². The molecule has 1 atom stereocenters. The number of benzene rings is 2. The average Bonchev–Trinajstić information content (AvgIpc) is 3.15. The van der Waals surface area contributed by atoms with Gasteiger partial charge in [-0.15, -0.1) is 10.2 Å². The highest BCUT2D eigenvalue weighted by Crippen LogP contribution is 2.27. The van der Waals surface area contributed by atoms with Gasteiger partial charge in [0.25, 0.3) is 5.91 Å². The minimum absolute atomic E-state index is 0.143. The van der Waals surface area contributed by atoms with Crippen molar-refractivity contribution in [2.24, 2.45) is 7.05 Å². The van der Waals surface area contributed by atoms with Gasteiger partial charge in [-0.1, -0.05) is 50.9 Å². The van der Waals surface area contributed by atoms with E-state index >= 15 is 0 Å². The highest BCUT2D eigenvalue weighted by Gasteiger charge is 2.19. The van der Waals surface area contributed by atoms with Crippen LogP contribution in [-0.2, 0) is 11.8 Å². The van der Waals surface area contributed by atoms with Crippen LogP contribution in [0.3, 0.4) is 0 Å². The maximum atomic E-state index is 12.5. The number of halogens is 3. The van der Waals surface area contributed by atoms with Crippen molar-refractivity contribution in [3.8, 4) is 0 Å². The molecule has 7 nitrogen and oxygen atoms in total. The molecule has 2 N–H and O–H groups in total. The standard InChI is InChI=1S/C22H22BrCl2N5O2S/c1-11-12(2)18(8-6-15(11)23)27-19(31)10-33-22-29-28-20(30(22)4)13(3)26-21(32)14-5-7-16(24)17(25)9-14/h5-9,13H,10H2,1-4H3,(H,26,32)(H,27,31)/t13-/m0/s1. The molecule has 0 aliphatic carbocycles. The number of anilines is 1. The number of hydrogen-bond acceptors (Lipinski definition) is 5. The van der Waals surface area contributed by atoms with Crippen molar-refractivity contribution in [2.75, 3.05) is 11.1 Å². The lowest BCUT2D eigenvalue weighted by Gasteiger charge is -2.14. The van der Waals surface area contributed by atoms with E-state index in [0.29, 0.717) is 26.6 Å². The molecule has 3 rings (SSSR count). The first-order chi connectivity index (χ1) is 15.6. The Morgan fingerprint density at radius 3 is 2.55 bits per heavy atom. The summed E-state index contributed by atoms with van der Waals surface area (Å²) in [5, 5.41) is 15.4. The highest BCUT2D eigenvalue weighted by atomic mass is 79.9. The minimum Gasteiger partial charge on any atom is -0.342 e. The molecule has 0 saturated carbocycles. The lowest BCUT2D eigenvalue weighted by atomic mass is 10.1. The molecule has 0 unspecified atom stereocenters. The Kier molecular flexibility index (Phi) is 8.44. The van der Waals surface area contributed by atoms with Gasteiger partial charge >= 0.3 is 0 Å². The zero-order valence-electron chi connectivity index (χ0n) is 18.4. The maximum Gasteiger partial charge on any atom is 0.251 e. The molecule has 1 heterocycles. The van der Waals surface area contributed by atoms with Crippen molar-refractivity contribution in [1.82, 2.24) is 20.1 Å². The molecule has 0 spiro atoms. The third-order valence-electron chi connectivity index (χ3n) is 5.11. The van der Waals surface area contributed by atoms with Crippen molar-refractivity contribution in [3.63, 3.8) is 0 Å². The number of aromatic nitrogens is 3. The molecule has 0 aliphatic heterocycles. The first kappa shape index (κ1) is 25.6. The average molecular weight is 571 g/mol. The van der Waals surface area contributed by atoms with Crippen molar-refractivity contribution < 1.29 is 9.59 Å². The summed E-state index contributed by atoms with van der Waals surface area (Å²) in [6.07, 6.45) is 0. The third-order valence-corrected chi connectivity index (χ3v) is 7.73. The summed E-state index contributed by atoms with van der Waals surface area (Å²) in [5.74, 6) is 0.281. The largest absolute Gasteiger partial charge is 0.342 e. The van der Waals surface area contributed by atoms with Gasteiger partial charge in [0, 0.05) is 22.8 Å². The summed E-state index contributed by atoms with van der Waals surface area (Å²) in [6.45, 7) is 5.76. The normalized spacial score (nSPS) is 11.8. The minimum atomic E-state index is -0.416. The Bertz CT molecular complexity index is 1220. The smallest absolute Gasteiger partial charge is 0.251 e. The van der Waals surface area contributed by atoms with Crippen LogP contribution in [0.1, 0.15) is 40.3 Å². The quantitative estimate of drug-likeness (QED) is 0.354. The summed E-state index contributed by atoms with van der Waals surface area (Å²) in [7, 11) is 1.79. The molecular formula is C22H22BrCl2N5O2S. The van der Waals surface area contributed by atoms with Gasteiger partial charge in [-0.3, -0.25) is 9.59 Å². The van der Waals surface area contributed by atoms with Gasteiger partial charge in [-0.2, -0.15) is 0 Å². The van der Waals surface area contributed by atoms with E-state index in [-0.39, 0.29) is 17.6 Å². The number of carbonyl (C=O) groups excluding carboxylic acids is 2. The van der Waals surface area contributed by atoms with Gasteiger partial charge in [0.05, 0.1) is 21.8 Å². The van der Waals surface area contributed by atoms with E-state index < -0.39 is 6.04 Å². The second-order valence-corrected chi connectivity index (χ2v) is 10.0. The molecule has 0 saturated heterocycles. The number of rotatable bonds is 7. The van der Waals surface area contributed by atoms with E-state index in [2.05, 4.69) is 36.8 Å². The van der Waals surface area contributed by atoms with Crippen molar-refractivity contribution >= 4 is 68.4 Å². The van der Waals surface area contributed by atoms with Gasteiger partial charge in [0.2, 0.25) is 5.91 Å². The Balaban J connectivity index is 1.60. The summed E-state index contributed by atoms with van der Waals surface area (Å²) in [4.78, 5) is 25.0. The predicted octanol–water partition coefficient (Wildman–Crippen LogP) is 5.72. The van der Waals surface area contributed by atoms with Gasteiger partial charge in [-0.05, 0) is 62.2 Å². The van der Waals surface area contributed by atoms with Crippen LogP contribution in [0.2, 0.25) is 10.0 Å². The topological polar surface area (TPSA) is 88.9 Å². The second-order valence-electron chi connectivity index (χ2n) is 7.41. The van der Waals surface area contributed by atoms with Crippen LogP contribution in [-0.4, -0.2) is 32.3 Å². The zero-order chi connectivity index (χ0) is 24.3. The molecule has 0 fully saturated rings. The molecule has 2 amide bonds. The number of nitrogens with one attached hydrogen (secondary N) is 2. The molecular weight excluding hydrogens is 549 g/mol. The molecule has 3 aromatic rings. The van der Waals surface area contributed by atoms with Crippen LogP contribution >= 0.6 is 50.9 Å². The van der Waals surface area contributed by atoms with E-state index in [1.165, 1.54) is 17.8 Å². The Morgan fingerprint density at radius 2 is 1.85 bits per heavy atom. The number of hydrogen-bond donors (Lipinski definition) is 2. The van der Waals surface area contributed by atoms with E-state index in [0.717, 1.165) is 21.3 Å². The molecule has 174 valence electrons. The molecule has 33 heavy (non-hydrogen) atoms. The van der Waals surface area contributed by atoms with E-state index in [1.807, 2.05) is 26.0 Å². The third kappa shape index (κ3) is 6.09. The fourth-order valence-electron chi connectivity index (χ4n) is 3.05. The number of amides is 2. The lowest BCUT2D eigenvalue weighted by molar-refractivity contribution is -0.113. The number of thioether (sulfide) groups is 1. The molecule has 1 aromatic heterocycles. The van der Waals surface area contributed by atoms with E-state index in [4.69, 9.17) is 23.2 Å². The SMILES string of the molecule is Cc1c(Br)ccc(NC(=O)CSc2nnc([C@H](C)NC(=O)c3ccc(Cl)c(Cl)c3)n2C)c1C.